The molecule has 0 saturated carbocycles. The average Bonchev–Trinajstić information content (AvgIpc) is 3.36. The fourth-order valence-corrected chi connectivity index (χ4v) is 6.21. The van der Waals surface area contributed by atoms with Crippen LogP contribution in [0.3, 0.4) is 0 Å². The lowest BCUT2D eigenvalue weighted by molar-refractivity contribution is 1.37. The van der Waals surface area contributed by atoms with Gasteiger partial charge < -0.3 is 0 Å². The summed E-state index contributed by atoms with van der Waals surface area (Å²) in [7, 11) is 0. The normalized spacial score (nSPS) is 11.9. The number of hydrogen-bond acceptors (Lipinski definition) is 1. The topological polar surface area (TPSA) is 12.9 Å². The SMILES string of the molecule is Cc1cc(C)cc(-c2cc(-c3cc(C)cc(C)c3)cc(-c3cccc(-c4cc5c6c(cccc6n4)C=C5)c3)c2)c1. The minimum absolute atomic E-state index is 1.01. The number of aromatic nitrogens is 1. The Kier molecular flexibility index (Phi) is 5.75. The van der Waals surface area contributed by atoms with Gasteiger partial charge in [-0.3, -0.25) is 0 Å². The average molecular weight is 514 g/mol. The smallest absolute Gasteiger partial charge is 0.0721 e. The molecule has 0 saturated heterocycles. The molecular weight excluding hydrogens is 482 g/mol. The molecule has 1 nitrogen and oxygen atoms in total. The highest BCUT2D eigenvalue weighted by molar-refractivity contribution is 6.04. The first-order valence-electron chi connectivity index (χ1n) is 13.9. The van der Waals surface area contributed by atoms with Crippen LogP contribution in [-0.4, -0.2) is 4.98 Å². The quantitative estimate of drug-likeness (QED) is 0.228. The van der Waals surface area contributed by atoms with E-state index >= 15 is 0 Å². The van der Waals surface area contributed by atoms with Gasteiger partial charge in [0, 0.05) is 10.9 Å². The van der Waals surface area contributed by atoms with E-state index in [1.54, 1.807) is 0 Å². The maximum Gasteiger partial charge on any atom is 0.0721 e. The van der Waals surface area contributed by atoms with Gasteiger partial charge in [0.25, 0.3) is 0 Å². The molecule has 0 spiro atoms. The molecule has 1 heterocycles. The van der Waals surface area contributed by atoms with Crippen molar-refractivity contribution in [3.8, 4) is 44.6 Å². The highest BCUT2D eigenvalue weighted by Crippen LogP contribution is 2.37. The third-order valence-electron chi connectivity index (χ3n) is 7.87. The molecule has 0 amide bonds. The van der Waals surface area contributed by atoms with Crippen molar-refractivity contribution < 1.29 is 0 Å². The molecule has 0 N–H and O–H groups in total. The molecule has 6 aromatic rings. The Bertz CT molecular complexity index is 1880. The van der Waals surface area contributed by atoms with Crippen molar-refractivity contribution in [2.45, 2.75) is 27.7 Å². The Morgan fingerprint density at radius 2 is 0.875 bits per heavy atom. The van der Waals surface area contributed by atoms with Crippen molar-refractivity contribution in [1.82, 2.24) is 4.98 Å². The summed E-state index contributed by atoms with van der Waals surface area (Å²) in [4.78, 5) is 5.07. The summed E-state index contributed by atoms with van der Waals surface area (Å²) < 4.78 is 0. The molecule has 0 aliphatic heterocycles. The molecule has 7 rings (SSSR count). The molecule has 0 unspecified atom stereocenters. The zero-order valence-electron chi connectivity index (χ0n) is 23.4. The second-order valence-corrected chi connectivity index (χ2v) is 11.3. The highest BCUT2D eigenvalue weighted by atomic mass is 14.7. The zero-order valence-corrected chi connectivity index (χ0v) is 23.4. The molecule has 1 aromatic heterocycles. The van der Waals surface area contributed by atoms with Crippen LogP contribution >= 0.6 is 0 Å². The van der Waals surface area contributed by atoms with Gasteiger partial charge in [0.05, 0.1) is 11.2 Å². The van der Waals surface area contributed by atoms with E-state index < -0.39 is 0 Å². The van der Waals surface area contributed by atoms with E-state index in [9.17, 15) is 0 Å². The molecule has 0 atom stereocenters. The van der Waals surface area contributed by atoms with Crippen LogP contribution in [0, 0.1) is 27.7 Å². The zero-order chi connectivity index (χ0) is 27.4. The summed E-state index contributed by atoms with van der Waals surface area (Å²) in [6.07, 6.45) is 4.39. The number of benzene rings is 5. The van der Waals surface area contributed by atoms with Crippen molar-refractivity contribution in [2.24, 2.45) is 0 Å². The minimum atomic E-state index is 1.01. The monoisotopic (exact) mass is 513 g/mol. The molecule has 0 fully saturated rings. The van der Waals surface area contributed by atoms with Crippen LogP contribution in [0.15, 0.2) is 103 Å². The maximum absolute atomic E-state index is 5.07. The Hall–Kier alpha value is -4.75. The summed E-state index contributed by atoms with van der Waals surface area (Å²) in [5, 5.41) is 1.25. The number of pyridine rings is 1. The van der Waals surface area contributed by atoms with Crippen LogP contribution < -0.4 is 0 Å². The summed E-state index contributed by atoms with van der Waals surface area (Å²) >= 11 is 0. The van der Waals surface area contributed by atoms with Crippen molar-refractivity contribution in [1.29, 1.82) is 0 Å². The first-order chi connectivity index (χ1) is 19.4. The van der Waals surface area contributed by atoms with E-state index in [2.05, 4.69) is 143 Å². The third-order valence-corrected chi connectivity index (χ3v) is 7.87. The molecule has 5 aromatic carbocycles. The lowest BCUT2D eigenvalue weighted by Crippen LogP contribution is -1.91. The summed E-state index contributed by atoms with van der Waals surface area (Å²) in [6.45, 7) is 8.70. The Morgan fingerprint density at radius 1 is 0.400 bits per heavy atom. The first-order valence-corrected chi connectivity index (χ1v) is 13.9. The largest absolute Gasteiger partial charge is 0.248 e. The minimum Gasteiger partial charge on any atom is -0.248 e. The Labute approximate surface area is 236 Å². The Morgan fingerprint density at radius 3 is 1.50 bits per heavy atom. The fourth-order valence-electron chi connectivity index (χ4n) is 6.21. The van der Waals surface area contributed by atoms with Gasteiger partial charge in [-0.15, -0.1) is 0 Å². The lowest BCUT2D eigenvalue weighted by atomic mass is 9.90. The van der Waals surface area contributed by atoms with Crippen molar-refractivity contribution in [2.75, 3.05) is 0 Å². The van der Waals surface area contributed by atoms with Gasteiger partial charge in [-0.1, -0.05) is 101 Å². The summed E-state index contributed by atoms with van der Waals surface area (Å²) in [5.41, 5.74) is 18.2. The maximum atomic E-state index is 5.07. The Balaban J connectivity index is 1.40. The second-order valence-electron chi connectivity index (χ2n) is 11.3. The van der Waals surface area contributed by atoms with E-state index in [1.165, 1.54) is 72.1 Å². The number of rotatable bonds is 4. The van der Waals surface area contributed by atoms with E-state index in [4.69, 9.17) is 4.98 Å². The molecule has 1 aliphatic rings. The van der Waals surface area contributed by atoms with E-state index in [1.807, 2.05) is 0 Å². The van der Waals surface area contributed by atoms with Crippen LogP contribution in [-0.2, 0) is 0 Å². The van der Waals surface area contributed by atoms with E-state index in [-0.39, 0.29) is 0 Å². The van der Waals surface area contributed by atoms with Crippen LogP contribution in [0.2, 0.25) is 0 Å². The van der Waals surface area contributed by atoms with Gasteiger partial charge in [-0.25, -0.2) is 4.98 Å². The third kappa shape index (κ3) is 4.44. The van der Waals surface area contributed by atoms with E-state index in [0.717, 1.165) is 16.8 Å². The molecule has 192 valence electrons. The molecule has 1 aliphatic carbocycles. The van der Waals surface area contributed by atoms with Crippen LogP contribution in [0.4, 0.5) is 0 Å². The second kappa shape index (κ2) is 9.47. The lowest BCUT2D eigenvalue weighted by Gasteiger charge is -2.14. The van der Waals surface area contributed by atoms with Gasteiger partial charge >= 0.3 is 0 Å². The number of aryl methyl sites for hydroxylation is 4. The number of nitrogens with zero attached hydrogens (tertiary/aromatic N) is 1. The first kappa shape index (κ1) is 24.3. The highest BCUT2D eigenvalue weighted by Gasteiger charge is 2.14. The predicted octanol–water partition coefficient (Wildman–Crippen LogP) is 10.6. The summed E-state index contributed by atoms with van der Waals surface area (Å²) in [5.74, 6) is 0. The molecule has 40 heavy (non-hydrogen) atoms. The van der Waals surface area contributed by atoms with Crippen molar-refractivity contribution in [3.05, 3.63) is 137 Å². The summed E-state index contributed by atoms with van der Waals surface area (Å²) in [6, 6.07) is 38.1. The van der Waals surface area contributed by atoms with Gasteiger partial charge in [-0.2, -0.15) is 0 Å². The standard InChI is InChI=1S/C39H31N/c1-24-13-25(2)16-32(15-24)35-20-34(21-36(22-35)33-17-26(3)14-27(4)18-33)29-8-5-9-30(19-29)38-23-31-12-11-28-7-6-10-37(40-38)39(28)31/h5-23H,1-4H3. The van der Waals surface area contributed by atoms with Gasteiger partial charge in [-0.05, 0) is 109 Å². The molecule has 1 heteroatoms. The molecular formula is C39H31N. The molecule has 0 radical (unpaired) electrons. The van der Waals surface area contributed by atoms with Gasteiger partial charge in [0.15, 0.2) is 0 Å². The van der Waals surface area contributed by atoms with E-state index in [0.29, 0.717) is 0 Å². The number of hydrogen-bond donors (Lipinski definition) is 0. The fraction of sp³-hybridized carbons (Fsp3) is 0.103. The van der Waals surface area contributed by atoms with Gasteiger partial charge in [0.2, 0.25) is 0 Å². The van der Waals surface area contributed by atoms with Crippen LogP contribution in [0.1, 0.15) is 33.4 Å². The van der Waals surface area contributed by atoms with Crippen molar-refractivity contribution >= 4 is 23.1 Å². The van der Waals surface area contributed by atoms with Crippen molar-refractivity contribution in [3.63, 3.8) is 0 Å². The van der Waals surface area contributed by atoms with Crippen LogP contribution in [0.25, 0.3) is 67.7 Å². The van der Waals surface area contributed by atoms with Crippen LogP contribution in [0.5, 0.6) is 0 Å². The van der Waals surface area contributed by atoms with Gasteiger partial charge in [0.1, 0.15) is 0 Å². The molecule has 0 bridgehead atoms. The predicted molar refractivity (Wildman–Crippen MR) is 171 cm³/mol.